The van der Waals surface area contributed by atoms with Gasteiger partial charge in [-0.1, -0.05) is 13.8 Å². The van der Waals surface area contributed by atoms with Crippen molar-refractivity contribution in [2.24, 2.45) is 5.92 Å². The number of benzene rings is 2. The van der Waals surface area contributed by atoms with E-state index < -0.39 is 50.0 Å². The molecule has 2 heterocycles. The van der Waals surface area contributed by atoms with Crippen LogP contribution in [0.5, 0.6) is 5.75 Å². The highest BCUT2D eigenvalue weighted by Gasteiger charge is 2.40. The smallest absolute Gasteiger partial charge is 0.434 e. The lowest BCUT2D eigenvalue weighted by Crippen LogP contribution is -2.56. The normalized spacial score (nSPS) is 16.2. The molecule has 0 saturated carbocycles. The first-order valence-corrected chi connectivity index (χ1v) is 14.0. The Labute approximate surface area is 234 Å². The van der Waals surface area contributed by atoms with Crippen LogP contribution in [0.4, 0.5) is 29.2 Å². The van der Waals surface area contributed by atoms with Crippen LogP contribution in [0.25, 0.3) is 0 Å². The Morgan fingerprint density at radius 1 is 1.07 bits per heavy atom. The molecule has 41 heavy (non-hydrogen) atoms. The van der Waals surface area contributed by atoms with E-state index in [9.17, 15) is 30.8 Å². The summed E-state index contributed by atoms with van der Waals surface area (Å²) < 4.78 is 92.1. The van der Waals surface area contributed by atoms with Crippen LogP contribution >= 0.6 is 0 Å². The van der Waals surface area contributed by atoms with Crippen LogP contribution in [0.1, 0.15) is 29.9 Å². The van der Waals surface area contributed by atoms with Gasteiger partial charge in [0.25, 0.3) is 0 Å². The molecule has 9 nitrogen and oxygen atoms in total. The lowest BCUT2D eigenvalue weighted by molar-refractivity contribution is -0.141. The van der Waals surface area contributed by atoms with Crippen molar-refractivity contribution in [2.75, 3.05) is 43.7 Å². The molecule has 1 atom stereocenters. The van der Waals surface area contributed by atoms with Gasteiger partial charge in [0.05, 0.1) is 25.2 Å². The van der Waals surface area contributed by atoms with Gasteiger partial charge in [-0.3, -0.25) is 0 Å². The molecule has 0 spiro atoms. The molecule has 4 rings (SSSR count). The van der Waals surface area contributed by atoms with E-state index >= 15 is 0 Å². The number of piperazine rings is 1. The van der Waals surface area contributed by atoms with Crippen molar-refractivity contribution in [2.45, 2.75) is 35.9 Å². The van der Waals surface area contributed by atoms with E-state index in [1.807, 2.05) is 18.7 Å². The number of halogens is 4. The fourth-order valence-corrected chi connectivity index (χ4v) is 5.98. The van der Waals surface area contributed by atoms with Gasteiger partial charge in [0.2, 0.25) is 15.8 Å². The molecule has 3 aromatic rings. The third kappa shape index (κ3) is 6.06. The number of carbonyl (C=O) groups excluding carboxylic acids is 1. The highest BCUT2D eigenvalue weighted by molar-refractivity contribution is 7.91. The van der Waals surface area contributed by atoms with Crippen molar-refractivity contribution < 1.29 is 40.2 Å². The average Bonchev–Trinajstić information content (AvgIpc) is 2.95. The number of aromatic nitrogens is 2. The third-order valence-corrected chi connectivity index (χ3v) is 8.62. The molecule has 1 saturated heterocycles. The van der Waals surface area contributed by atoms with Gasteiger partial charge in [0.15, 0.2) is 5.69 Å². The summed E-state index contributed by atoms with van der Waals surface area (Å²) in [5.41, 5.74) is -1.76. The van der Waals surface area contributed by atoms with Crippen LogP contribution in [0, 0.1) is 11.7 Å². The maximum Gasteiger partial charge on any atom is 0.434 e. The Balaban J connectivity index is 1.65. The number of carbonyl (C=O) groups is 1. The molecule has 1 aliphatic heterocycles. The first kappa shape index (κ1) is 30.0. The summed E-state index contributed by atoms with van der Waals surface area (Å²) >= 11 is 0. The van der Waals surface area contributed by atoms with Crippen LogP contribution in [-0.4, -0.2) is 64.3 Å². The molecule has 2 aromatic carbocycles. The molecule has 0 bridgehead atoms. The number of sulfone groups is 1. The van der Waals surface area contributed by atoms with Crippen LogP contribution in [0.3, 0.4) is 0 Å². The van der Waals surface area contributed by atoms with Gasteiger partial charge in [0.1, 0.15) is 22.0 Å². The summed E-state index contributed by atoms with van der Waals surface area (Å²) in [7, 11) is -1.80. The van der Waals surface area contributed by atoms with E-state index in [1.165, 1.54) is 43.5 Å². The van der Waals surface area contributed by atoms with Gasteiger partial charge in [-0.2, -0.15) is 13.2 Å². The number of esters is 1. The summed E-state index contributed by atoms with van der Waals surface area (Å²) in [6.07, 6.45) is -4.12. The summed E-state index contributed by atoms with van der Waals surface area (Å²) in [6, 6.07) is 8.97. The van der Waals surface area contributed by atoms with Gasteiger partial charge in [0, 0.05) is 31.5 Å². The van der Waals surface area contributed by atoms with E-state index in [-0.39, 0.29) is 36.4 Å². The predicted octanol–water partition coefficient (Wildman–Crippen LogP) is 4.61. The summed E-state index contributed by atoms with van der Waals surface area (Å²) in [4.78, 5) is 22.5. The summed E-state index contributed by atoms with van der Waals surface area (Å²) in [5.74, 6) is -1.97. The fraction of sp³-hybridized carbons (Fsp3) is 0.370. The van der Waals surface area contributed by atoms with E-state index in [1.54, 1.807) is 4.90 Å². The summed E-state index contributed by atoms with van der Waals surface area (Å²) in [6.45, 7) is 4.43. The van der Waals surface area contributed by atoms with Gasteiger partial charge in [-0.05, 0) is 48.4 Å². The zero-order valence-electron chi connectivity index (χ0n) is 22.6. The van der Waals surface area contributed by atoms with Crippen LogP contribution in [0.2, 0.25) is 0 Å². The Morgan fingerprint density at radius 2 is 1.76 bits per heavy atom. The number of hydrogen-bond donors (Lipinski definition) is 0. The first-order valence-electron chi connectivity index (χ1n) is 12.5. The fourth-order valence-electron chi connectivity index (χ4n) is 4.63. The number of anilines is 2. The molecule has 0 aliphatic carbocycles. The van der Waals surface area contributed by atoms with Gasteiger partial charge < -0.3 is 19.3 Å². The van der Waals surface area contributed by atoms with Gasteiger partial charge in [-0.15, -0.1) is 0 Å². The third-order valence-electron chi connectivity index (χ3n) is 6.83. The monoisotopic (exact) mass is 596 g/mol. The maximum atomic E-state index is 14.8. The van der Waals surface area contributed by atoms with Crippen molar-refractivity contribution in [1.82, 2.24) is 9.97 Å². The molecule has 220 valence electrons. The molecule has 14 heteroatoms. The minimum Gasteiger partial charge on any atom is -0.497 e. The largest absolute Gasteiger partial charge is 0.497 e. The van der Waals surface area contributed by atoms with E-state index in [0.29, 0.717) is 11.4 Å². The second-order valence-electron chi connectivity index (χ2n) is 9.67. The summed E-state index contributed by atoms with van der Waals surface area (Å²) in [5, 5.41) is 0. The highest BCUT2D eigenvalue weighted by atomic mass is 32.2. The van der Waals surface area contributed by atoms with E-state index in [0.717, 1.165) is 19.4 Å². The Bertz CT molecular complexity index is 1530. The number of ether oxygens (including phenoxy) is 2. The highest BCUT2D eigenvalue weighted by Crippen LogP contribution is 2.34. The first-order chi connectivity index (χ1) is 19.3. The molecule has 1 aliphatic rings. The zero-order chi connectivity index (χ0) is 30.1. The Kier molecular flexibility index (Phi) is 8.43. The minimum atomic E-state index is -4.92. The molecule has 0 amide bonds. The van der Waals surface area contributed by atoms with E-state index in [2.05, 4.69) is 14.7 Å². The van der Waals surface area contributed by atoms with Crippen LogP contribution in [-0.2, 0) is 20.8 Å². The standard InChI is InChI=1S/C27H28F4N4O5S/c1-16(2)22-15-34(11-12-35(22)26-32-14-20(25(36)40-4)24(33-26)27(29,30)31)17-5-10-21(28)23(13-17)41(37,38)19-8-6-18(39-3)7-9-19/h5-10,13-14,16,22H,11-12,15H2,1-4H3/t22-/m0/s1. The molecule has 1 fully saturated rings. The second kappa shape index (κ2) is 11.5. The average molecular weight is 597 g/mol. The van der Waals surface area contributed by atoms with E-state index in [4.69, 9.17) is 4.74 Å². The maximum absolute atomic E-state index is 14.8. The molecule has 0 N–H and O–H groups in total. The Morgan fingerprint density at radius 3 is 2.34 bits per heavy atom. The van der Waals surface area contributed by atoms with Gasteiger partial charge in [-0.25, -0.2) is 27.6 Å². The van der Waals surface area contributed by atoms with Gasteiger partial charge >= 0.3 is 12.1 Å². The van der Waals surface area contributed by atoms with Crippen molar-refractivity contribution in [1.29, 1.82) is 0 Å². The number of rotatable bonds is 7. The number of nitrogens with zero attached hydrogens (tertiary/aromatic N) is 4. The Hall–Kier alpha value is -3.94. The SMILES string of the molecule is COC(=O)c1cnc(N2CCN(c3ccc(F)c(S(=O)(=O)c4ccc(OC)cc4)c3)C[C@H]2C(C)C)nc1C(F)(F)F. The number of methoxy groups -OCH3 is 2. The lowest BCUT2D eigenvalue weighted by Gasteiger charge is -2.44. The predicted molar refractivity (Wildman–Crippen MR) is 141 cm³/mol. The minimum absolute atomic E-state index is 0.0982. The molecule has 0 unspecified atom stereocenters. The van der Waals surface area contributed by atoms with Crippen molar-refractivity contribution in [3.05, 3.63) is 65.7 Å². The molecule has 0 radical (unpaired) electrons. The second-order valence-corrected chi connectivity index (χ2v) is 11.6. The number of hydrogen-bond acceptors (Lipinski definition) is 9. The zero-order valence-corrected chi connectivity index (χ0v) is 23.5. The molecular formula is C27H28F4N4O5S. The quantitative estimate of drug-likeness (QED) is 0.286. The topological polar surface area (TPSA) is 102 Å². The number of alkyl halides is 3. The lowest BCUT2D eigenvalue weighted by atomic mass is 9.99. The van der Waals surface area contributed by atoms with Crippen molar-refractivity contribution >= 4 is 27.4 Å². The molecular weight excluding hydrogens is 568 g/mol. The van der Waals surface area contributed by atoms with Crippen molar-refractivity contribution in [3.8, 4) is 5.75 Å². The van der Waals surface area contributed by atoms with Crippen molar-refractivity contribution in [3.63, 3.8) is 0 Å². The van der Waals surface area contributed by atoms with Crippen LogP contribution in [0.15, 0.2) is 58.5 Å². The van der Waals surface area contributed by atoms with Crippen LogP contribution < -0.4 is 14.5 Å². The molecule has 1 aromatic heterocycles.